The number of hydrogen-bond donors (Lipinski definition) is 0. The fourth-order valence-electron chi connectivity index (χ4n) is 3.92. The molecule has 0 unspecified atom stereocenters. The number of rotatable bonds is 13. The van der Waals surface area contributed by atoms with Gasteiger partial charge < -0.3 is 18.8 Å². The summed E-state index contributed by atoms with van der Waals surface area (Å²) in [5.41, 5.74) is 1.27. The minimum Gasteiger partial charge on any atom is -0.497 e. The summed E-state index contributed by atoms with van der Waals surface area (Å²) in [7, 11) is 1.62. The van der Waals surface area contributed by atoms with Crippen LogP contribution in [0.3, 0.4) is 0 Å². The van der Waals surface area contributed by atoms with Gasteiger partial charge >= 0.3 is 0 Å². The van der Waals surface area contributed by atoms with Crippen molar-refractivity contribution in [3.05, 3.63) is 58.8 Å². The van der Waals surface area contributed by atoms with Crippen molar-refractivity contribution < 1.29 is 13.9 Å². The average Bonchev–Trinajstić information content (AvgIpc) is 2.81. The summed E-state index contributed by atoms with van der Waals surface area (Å²) in [4.78, 5) is 15.3. The zero-order valence-electron chi connectivity index (χ0n) is 19.6. The third kappa shape index (κ3) is 6.60. The van der Waals surface area contributed by atoms with Gasteiger partial charge in [0.05, 0.1) is 19.1 Å². The van der Waals surface area contributed by atoms with Crippen LogP contribution in [0.1, 0.15) is 46.0 Å². The molecule has 3 aromatic rings. The van der Waals surface area contributed by atoms with Crippen LogP contribution in [0.2, 0.25) is 0 Å². The molecule has 0 saturated carbocycles. The van der Waals surface area contributed by atoms with Gasteiger partial charge in [0.25, 0.3) is 0 Å². The standard InChI is InChI=1S/C27H35NO4/c1-4-14-28(15-5-2)16-7-6-8-17-31-23-12-13-26-24(19-23)25(29)20-27(32-26)21-10-9-11-22(18-21)30-3/h9-13,18-20H,4-8,14-17H2,1-3H3. The molecule has 0 N–H and O–H groups in total. The van der Waals surface area contributed by atoms with Crippen LogP contribution in [0.25, 0.3) is 22.3 Å². The summed E-state index contributed by atoms with van der Waals surface area (Å²) < 4.78 is 17.2. The Balaban J connectivity index is 1.56. The third-order valence-corrected chi connectivity index (χ3v) is 5.52. The number of unbranched alkanes of at least 4 members (excludes halogenated alkanes) is 2. The van der Waals surface area contributed by atoms with Crippen molar-refractivity contribution >= 4 is 11.0 Å². The van der Waals surface area contributed by atoms with E-state index >= 15 is 0 Å². The molecule has 0 amide bonds. The number of hydrogen-bond acceptors (Lipinski definition) is 5. The average molecular weight is 438 g/mol. The Bertz CT molecular complexity index is 1040. The molecule has 1 heterocycles. The van der Waals surface area contributed by atoms with E-state index in [1.54, 1.807) is 13.2 Å². The molecular formula is C27H35NO4. The van der Waals surface area contributed by atoms with Gasteiger partial charge in [0.1, 0.15) is 22.8 Å². The van der Waals surface area contributed by atoms with Gasteiger partial charge in [-0.15, -0.1) is 0 Å². The minimum absolute atomic E-state index is 0.0820. The lowest BCUT2D eigenvalue weighted by Gasteiger charge is -2.20. The third-order valence-electron chi connectivity index (χ3n) is 5.52. The first-order valence-electron chi connectivity index (χ1n) is 11.7. The van der Waals surface area contributed by atoms with Gasteiger partial charge in [-0.2, -0.15) is 0 Å². The smallest absolute Gasteiger partial charge is 0.193 e. The summed E-state index contributed by atoms with van der Waals surface area (Å²) in [5, 5.41) is 0.531. The zero-order valence-corrected chi connectivity index (χ0v) is 19.6. The van der Waals surface area contributed by atoms with Crippen LogP contribution in [-0.2, 0) is 0 Å². The van der Waals surface area contributed by atoms with E-state index in [2.05, 4.69) is 18.7 Å². The Morgan fingerprint density at radius 2 is 1.69 bits per heavy atom. The second-order valence-corrected chi connectivity index (χ2v) is 8.12. The first kappa shape index (κ1) is 23.9. The monoisotopic (exact) mass is 437 g/mol. The highest BCUT2D eigenvalue weighted by Gasteiger charge is 2.09. The van der Waals surface area contributed by atoms with E-state index in [0.717, 1.165) is 30.7 Å². The Kier molecular flexibility index (Phi) is 9.17. The highest BCUT2D eigenvalue weighted by molar-refractivity contribution is 5.80. The van der Waals surface area contributed by atoms with E-state index in [-0.39, 0.29) is 5.43 Å². The predicted octanol–water partition coefficient (Wildman–Crippen LogP) is 6.14. The quantitative estimate of drug-likeness (QED) is 0.301. The van der Waals surface area contributed by atoms with Crippen LogP contribution in [0.15, 0.2) is 57.7 Å². The van der Waals surface area contributed by atoms with Crippen LogP contribution in [0, 0.1) is 0 Å². The van der Waals surface area contributed by atoms with E-state index in [9.17, 15) is 4.79 Å². The Labute approximate surface area is 191 Å². The molecule has 0 aliphatic carbocycles. The lowest BCUT2D eigenvalue weighted by Crippen LogP contribution is -2.26. The first-order chi connectivity index (χ1) is 15.6. The van der Waals surface area contributed by atoms with Gasteiger partial charge in [-0.3, -0.25) is 4.79 Å². The SMILES string of the molecule is CCCN(CCC)CCCCCOc1ccc2oc(-c3cccc(OC)c3)cc(=O)c2c1. The second kappa shape index (κ2) is 12.3. The lowest BCUT2D eigenvalue weighted by atomic mass is 10.1. The van der Waals surface area contributed by atoms with Crippen LogP contribution in [0.4, 0.5) is 0 Å². The van der Waals surface area contributed by atoms with Gasteiger partial charge in [-0.1, -0.05) is 26.0 Å². The molecule has 0 bridgehead atoms. The van der Waals surface area contributed by atoms with Crippen molar-refractivity contribution in [1.82, 2.24) is 4.90 Å². The molecule has 0 fully saturated rings. The largest absolute Gasteiger partial charge is 0.497 e. The number of ether oxygens (including phenoxy) is 2. The molecule has 3 rings (SSSR count). The van der Waals surface area contributed by atoms with Gasteiger partial charge in [0.2, 0.25) is 0 Å². The summed E-state index contributed by atoms with van der Waals surface area (Å²) in [5.74, 6) is 1.95. The summed E-state index contributed by atoms with van der Waals surface area (Å²) >= 11 is 0. The van der Waals surface area contributed by atoms with E-state index in [0.29, 0.717) is 29.1 Å². The molecule has 5 nitrogen and oxygen atoms in total. The Morgan fingerprint density at radius 3 is 2.44 bits per heavy atom. The van der Waals surface area contributed by atoms with Crippen molar-refractivity contribution in [1.29, 1.82) is 0 Å². The van der Waals surface area contributed by atoms with Gasteiger partial charge in [0, 0.05) is 11.6 Å². The molecule has 0 saturated heterocycles. The molecule has 5 heteroatoms. The number of methoxy groups -OCH3 is 1. The molecule has 2 aromatic carbocycles. The van der Waals surface area contributed by atoms with Crippen LogP contribution in [0.5, 0.6) is 11.5 Å². The number of fused-ring (bicyclic) bond motifs is 1. The molecule has 172 valence electrons. The van der Waals surface area contributed by atoms with Gasteiger partial charge in [-0.25, -0.2) is 0 Å². The fraction of sp³-hybridized carbons (Fsp3) is 0.444. The maximum Gasteiger partial charge on any atom is 0.193 e. The van der Waals surface area contributed by atoms with E-state index in [1.165, 1.54) is 38.4 Å². The normalized spacial score (nSPS) is 11.2. The molecule has 0 radical (unpaired) electrons. The van der Waals surface area contributed by atoms with Crippen molar-refractivity contribution in [2.24, 2.45) is 0 Å². The maximum absolute atomic E-state index is 12.7. The van der Waals surface area contributed by atoms with Gasteiger partial charge in [0.15, 0.2) is 5.43 Å². The van der Waals surface area contributed by atoms with Crippen molar-refractivity contribution in [2.75, 3.05) is 33.4 Å². The molecule has 32 heavy (non-hydrogen) atoms. The lowest BCUT2D eigenvalue weighted by molar-refractivity contribution is 0.259. The fourth-order valence-corrected chi connectivity index (χ4v) is 3.92. The maximum atomic E-state index is 12.7. The van der Waals surface area contributed by atoms with Crippen molar-refractivity contribution in [3.63, 3.8) is 0 Å². The molecule has 0 aliphatic rings. The van der Waals surface area contributed by atoms with Gasteiger partial charge in [-0.05, 0) is 82.1 Å². The van der Waals surface area contributed by atoms with Crippen molar-refractivity contribution in [2.45, 2.75) is 46.0 Å². The van der Waals surface area contributed by atoms with Crippen LogP contribution >= 0.6 is 0 Å². The summed E-state index contributed by atoms with van der Waals surface area (Å²) in [6.45, 7) is 8.66. The van der Waals surface area contributed by atoms with E-state index < -0.39 is 0 Å². The molecule has 0 atom stereocenters. The highest BCUT2D eigenvalue weighted by atomic mass is 16.5. The van der Waals surface area contributed by atoms with E-state index in [1.807, 2.05) is 36.4 Å². The molecule has 0 spiro atoms. The number of nitrogens with zero attached hydrogens (tertiary/aromatic N) is 1. The van der Waals surface area contributed by atoms with Crippen molar-refractivity contribution in [3.8, 4) is 22.8 Å². The molecular weight excluding hydrogens is 402 g/mol. The minimum atomic E-state index is -0.0820. The van der Waals surface area contributed by atoms with Crippen LogP contribution < -0.4 is 14.9 Å². The summed E-state index contributed by atoms with van der Waals surface area (Å²) in [6.07, 6.45) is 5.76. The van der Waals surface area contributed by atoms with E-state index in [4.69, 9.17) is 13.9 Å². The van der Waals surface area contributed by atoms with Crippen LogP contribution in [-0.4, -0.2) is 38.3 Å². The first-order valence-corrected chi connectivity index (χ1v) is 11.7. The topological polar surface area (TPSA) is 51.9 Å². The second-order valence-electron chi connectivity index (χ2n) is 8.12. The predicted molar refractivity (Wildman–Crippen MR) is 131 cm³/mol. The highest BCUT2D eigenvalue weighted by Crippen LogP contribution is 2.27. The Hall–Kier alpha value is -2.79. The molecule has 1 aromatic heterocycles. The number of benzene rings is 2. The molecule has 0 aliphatic heterocycles. The zero-order chi connectivity index (χ0) is 22.8. The summed E-state index contributed by atoms with van der Waals surface area (Å²) in [6, 6.07) is 14.5. The Morgan fingerprint density at radius 1 is 0.875 bits per heavy atom.